The summed E-state index contributed by atoms with van der Waals surface area (Å²) in [5.74, 6) is 0. The number of rotatable bonds is 2. The van der Waals surface area contributed by atoms with E-state index in [1.54, 1.807) is 0 Å². The molecule has 2 rings (SSSR count). The van der Waals surface area contributed by atoms with Gasteiger partial charge in [0.05, 0.1) is 0 Å². The van der Waals surface area contributed by atoms with Gasteiger partial charge >= 0.3 is 92.9 Å². The quantitative estimate of drug-likeness (QED) is 0.766. The van der Waals surface area contributed by atoms with Gasteiger partial charge < -0.3 is 0 Å². The van der Waals surface area contributed by atoms with Crippen LogP contribution in [0, 0.1) is 0 Å². The van der Waals surface area contributed by atoms with Gasteiger partial charge in [0.15, 0.2) is 0 Å². The molecule has 2 aromatic rings. The summed E-state index contributed by atoms with van der Waals surface area (Å²) in [5.41, 5.74) is 0. The fourth-order valence-corrected chi connectivity index (χ4v) is 6.32. The fraction of sp³-hybridized carbons (Fsp3) is 0. The summed E-state index contributed by atoms with van der Waals surface area (Å²) in [7, 11) is 0. The van der Waals surface area contributed by atoms with E-state index in [1.807, 2.05) is 12.1 Å². The average molecular weight is 379 g/mol. The van der Waals surface area contributed by atoms with Crippen LogP contribution < -0.4 is 10.2 Å². The van der Waals surface area contributed by atoms with E-state index in [-0.39, 0.29) is 0 Å². The Balaban J connectivity index is 2.30. The first-order valence-corrected chi connectivity index (χ1v) is 10.0. The Morgan fingerprint density at radius 2 is 1.00 bits per heavy atom. The Bertz CT molecular complexity index is 346. The summed E-state index contributed by atoms with van der Waals surface area (Å²) >= 11 is -2.07. The third kappa shape index (κ3) is 2.20. The topological polar surface area (TPSA) is 26.0 Å². The van der Waals surface area contributed by atoms with E-state index in [9.17, 15) is 0 Å². The van der Waals surface area contributed by atoms with Crippen molar-refractivity contribution in [3.8, 4) is 0 Å². The number of nitrogens with two attached hydrogens (primary N) is 1. The summed E-state index contributed by atoms with van der Waals surface area (Å²) in [4.78, 5) is 0. The van der Waals surface area contributed by atoms with E-state index < -0.39 is 22.0 Å². The van der Waals surface area contributed by atoms with E-state index in [0.717, 1.165) is 0 Å². The molecule has 0 aliphatic rings. The van der Waals surface area contributed by atoms with Crippen molar-refractivity contribution in [2.45, 2.75) is 0 Å². The van der Waals surface area contributed by atoms with Crippen LogP contribution in [0.3, 0.4) is 0 Å². The molecule has 0 aliphatic carbocycles. The van der Waals surface area contributed by atoms with Crippen molar-refractivity contribution in [2.24, 2.45) is 3.68 Å². The van der Waals surface area contributed by atoms with Crippen molar-refractivity contribution in [1.29, 1.82) is 0 Å². The monoisotopic (exact) mass is 379 g/mol. The van der Waals surface area contributed by atoms with Gasteiger partial charge in [-0.25, -0.2) is 0 Å². The average Bonchev–Trinajstić information content (AvgIpc) is 2.30. The summed E-state index contributed by atoms with van der Waals surface area (Å²) in [6.45, 7) is 0. The van der Waals surface area contributed by atoms with Crippen LogP contribution in [-0.4, -0.2) is 22.0 Å². The minimum atomic E-state index is -2.07. The first kappa shape index (κ1) is 9.82. The summed E-state index contributed by atoms with van der Waals surface area (Å²) in [6.07, 6.45) is 0. The van der Waals surface area contributed by atoms with E-state index >= 15 is 0 Å². The predicted molar refractivity (Wildman–Crippen MR) is 62.1 cm³/mol. The van der Waals surface area contributed by atoms with Crippen molar-refractivity contribution in [3.63, 3.8) is 0 Å². The van der Waals surface area contributed by atoms with E-state index in [0.29, 0.717) is 0 Å². The molecule has 1 nitrogen and oxygen atoms in total. The summed E-state index contributed by atoms with van der Waals surface area (Å²) in [6, 6.07) is 20.9. The van der Waals surface area contributed by atoms with Gasteiger partial charge in [0.2, 0.25) is 0 Å². The Kier molecular flexibility index (Phi) is 3.28. The van der Waals surface area contributed by atoms with Gasteiger partial charge in [0.25, 0.3) is 0 Å². The molecule has 2 N–H and O–H groups in total. The van der Waals surface area contributed by atoms with Crippen molar-refractivity contribution in [1.82, 2.24) is 0 Å². The molecule has 0 saturated carbocycles. The second-order valence-electron chi connectivity index (χ2n) is 3.04. The van der Waals surface area contributed by atoms with Gasteiger partial charge in [-0.3, -0.25) is 0 Å². The molecule has 0 bridgehead atoms. The molecule has 70 valence electrons. The van der Waals surface area contributed by atoms with Crippen LogP contribution >= 0.6 is 0 Å². The second-order valence-corrected chi connectivity index (χ2v) is 9.93. The molecule has 0 aliphatic heterocycles. The summed E-state index contributed by atoms with van der Waals surface area (Å²) < 4.78 is 9.03. The Morgan fingerprint density at radius 1 is 0.643 bits per heavy atom. The standard InChI is InChI=1S/2C6H5.Bi.H2N/c2*1-2-4-6-5-3-1;;/h2*1-5H;;1H2/q;;+1;-1. The molecule has 0 aromatic heterocycles. The normalized spacial score (nSPS) is 10.4. The maximum atomic E-state index is 6.32. The molecular formula is C12H12BiN. The van der Waals surface area contributed by atoms with Gasteiger partial charge in [-0.1, -0.05) is 0 Å². The predicted octanol–water partition coefficient (Wildman–Crippen LogP) is 0.751. The number of benzene rings is 2. The van der Waals surface area contributed by atoms with E-state index in [1.165, 1.54) is 6.54 Å². The second kappa shape index (κ2) is 4.68. The van der Waals surface area contributed by atoms with Crippen LogP contribution in [0.4, 0.5) is 0 Å². The molecule has 14 heavy (non-hydrogen) atoms. The van der Waals surface area contributed by atoms with Crippen LogP contribution in [0.5, 0.6) is 0 Å². The Morgan fingerprint density at radius 3 is 1.36 bits per heavy atom. The molecule has 0 unspecified atom stereocenters. The van der Waals surface area contributed by atoms with Crippen molar-refractivity contribution in [2.75, 3.05) is 0 Å². The minimum absolute atomic E-state index is 1.36. The molecule has 0 spiro atoms. The molecule has 0 atom stereocenters. The fourth-order valence-electron chi connectivity index (χ4n) is 1.33. The molecule has 0 saturated heterocycles. The zero-order valence-corrected chi connectivity index (χ0v) is 11.3. The van der Waals surface area contributed by atoms with E-state index in [2.05, 4.69) is 48.5 Å². The number of hydrogen-bond donors (Lipinski definition) is 1. The zero-order valence-electron chi connectivity index (χ0n) is 7.80. The van der Waals surface area contributed by atoms with Crippen molar-refractivity contribution in [3.05, 3.63) is 60.7 Å². The van der Waals surface area contributed by atoms with Crippen molar-refractivity contribution >= 4 is 28.6 Å². The van der Waals surface area contributed by atoms with Gasteiger partial charge in [-0.2, -0.15) is 0 Å². The van der Waals surface area contributed by atoms with Gasteiger partial charge in [0.1, 0.15) is 0 Å². The molecule has 0 radical (unpaired) electrons. The van der Waals surface area contributed by atoms with Gasteiger partial charge in [-0.05, 0) is 0 Å². The van der Waals surface area contributed by atoms with Crippen LogP contribution in [0.1, 0.15) is 0 Å². The van der Waals surface area contributed by atoms with Gasteiger partial charge in [-0.15, -0.1) is 0 Å². The van der Waals surface area contributed by atoms with Crippen molar-refractivity contribution < 1.29 is 0 Å². The van der Waals surface area contributed by atoms with Crippen LogP contribution in [0.25, 0.3) is 0 Å². The SMILES string of the molecule is [NH2][Bi]([c]1ccccc1)[c]1ccccc1. The summed E-state index contributed by atoms with van der Waals surface area (Å²) in [5, 5.41) is 0. The zero-order chi connectivity index (χ0) is 9.80. The molecular weight excluding hydrogens is 367 g/mol. The van der Waals surface area contributed by atoms with Crippen LogP contribution in [0.15, 0.2) is 60.7 Å². The third-order valence-electron chi connectivity index (χ3n) is 2.07. The number of hydrogen-bond acceptors (Lipinski definition) is 1. The van der Waals surface area contributed by atoms with Crippen LogP contribution in [0.2, 0.25) is 0 Å². The third-order valence-corrected chi connectivity index (χ3v) is 8.71. The first-order valence-electron chi connectivity index (χ1n) is 4.53. The first-order chi connectivity index (χ1) is 6.88. The maximum absolute atomic E-state index is 6.32. The van der Waals surface area contributed by atoms with Crippen LogP contribution in [-0.2, 0) is 0 Å². The Hall–Kier alpha value is -0.717. The molecule has 2 aromatic carbocycles. The van der Waals surface area contributed by atoms with Gasteiger partial charge in [0, 0.05) is 0 Å². The molecule has 0 heterocycles. The molecule has 2 heteroatoms. The molecule has 0 amide bonds. The molecule has 0 fully saturated rings. The van der Waals surface area contributed by atoms with E-state index in [4.69, 9.17) is 3.68 Å². The Labute approximate surface area is 92.7 Å².